The SMILES string of the molecule is C=C(C)C(=O)OCCCCC(=C)C(=O)O. The van der Waals surface area contributed by atoms with Crippen molar-refractivity contribution in [3.05, 3.63) is 24.3 Å². The second kappa shape index (κ2) is 6.81. The molecule has 0 aliphatic heterocycles. The first kappa shape index (κ1) is 13.4. The molecule has 4 nitrogen and oxygen atoms in total. The van der Waals surface area contributed by atoms with Crippen LogP contribution in [0.3, 0.4) is 0 Å². The van der Waals surface area contributed by atoms with E-state index >= 15 is 0 Å². The van der Waals surface area contributed by atoms with Crippen LogP contribution in [-0.4, -0.2) is 23.7 Å². The maximum atomic E-state index is 10.9. The van der Waals surface area contributed by atoms with Crippen molar-refractivity contribution >= 4 is 11.9 Å². The second-order valence-corrected chi connectivity index (χ2v) is 3.28. The maximum Gasteiger partial charge on any atom is 0.333 e. The van der Waals surface area contributed by atoms with Gasteiger partial charge < -0.3 is 9.84 Å². The molecule has 0 heterocycles. The van der Waals surface area contributed by atoms with Crippen LogP contribution < -0.4 is 0 Å². The third kappa shape index (κ3) is 6.49. The van der Waals surface area contributed by atoms with Crippen molar-refractivity contribution in [1.29, 1.82) is 0 Å². The summed E-state index contributed by atoms with van der Waals surface area (Å²) >= 11 is 0. The van der Waals surface area contributed by atoms with Crippen LogP contribution >= 0.6 is 0 Å². The highest BCUT2D eigenvalue weighted by Crippen LogP contribution is 2.05. The van der Waals surface area contributed by atoms with Gasteiger partial charge in [-0.15, -0.1) is 0 Å². The Balaban J connectivity index is 3.48. The molecule has 0 radical (unpaired) electrons. The van der Waals surface area contributed by atoms with Crippen molar-refractivity contribution in [2.45, 2.75) is 26.2 Å². The quantitative estimate of drug-likeness (QED) is 0.398. The highest BCUT2D eigenvalue weighted by Gasteiger charge is 2.04. The van der Waals surface area contributed by atoms with Crippen molar-refractivity contribution in [3.63, 3.8) is 0 Å². The Labute approximate surface area is 89.2 Å². The summed E-state index contributed by atoms with van der Waals surface area (Å²) in [6.07, 6.45) is 1.69. The highest BCUT2D eigenvalue weighted by molar-refractivity contribution is 5.87. The van der Waals surface area contributed by atoms with Crippen LogP contribution in [0.25, 0.3) is 0 Å². The Morgan fingerprint density at radius 1 is 1.27 bits per heavy atom. The van der Waals surface area contributed by atoms with Crippen LogP contribution in [0.1, 0.15) is 26.2 Å². The predicted octanol–water partition coefficient (Wildman–Crippen LogP) is 1.92. The summed E-state index contributed by atoms with van der Waals surface area (Å²) in [6, 6.07) is 0. The van der Waals surface area contributed by atoms with Gasteiger partial charge in [-0.1, -0.05) is 13.2 Å². The lowest BCUT2D eigenvalue weighted by Gasteiger charge is -2.03. The molecular weight excluding hydrogens is 196 g/mol. The molecule has 0 spiro atoms. The zero-order valence-corrected chi connectivity index (χ0v) is 8.91. The molecular formula is C11H16O4. The third-order valence-electron chi connectivity index (χ3n) is 1.76. The molecule has 0 amide bonds. The number of hydrogen-bond acceptors (Lipinski definition) is 3. The van der Waals surface area contributed by atoms with Gasteiger partial charge in [-0.25, -0.2) is 9.59 Å². The average Bonchev–Trinajstić information content (AvgIpc) is 2.16. The lowest BCUT2D eigenvalue weighted by atomic mass is 10.1. The van der Waals surface area contributed by atoms with E-state index in [1.165, 1.54) is 0 Å². The summed E-state index contributed by atoms with van der Waals surface area (Å²) < 4.78 is 4.83. The molecule has 1 N–H and O–H groups in total. The fourth-order valence-electron chi connectivity index (χ4n) is 0.835. The molecule has 0 aromatic rings. The van der Waals surface area contributed by atoms with Crippen molar-refractivity contribution in [2.75, 3.05) is 6.61 Å². The summed E-state index contributed by atoms with van der Waals surface area (Å²) in [5.41, 5.74) is 0.547. The van der Waals surface area contributed by atoms with Gasteiger partial charge in [0, 0.05) is 11.1 Å². The van der Waals surface area contributed by atoms with Gasteiger partial charge in [0.1, 0.15) is 0 Å². The van der Waals surface area contributed by atoms with Crippen molar-refractivity contribution in [3.8, 4) is 0 Å². The van der Waals surface area contributed by atoms with Gasteiger partial charge in [0.05, 0.1) is 6.61 Å². The molecule has 0 aromatic heterocycles. The summed E-state index contributed by atoms with van der Waals surface area (Å²) in [4.78, 5) is 21.3. The van der Waals surface area contributed by atoms with Crippen LogP contribution in [0.4, 0.5) is 0 Å². The molecule has 0 saturated carbocycles. The highest BCUT2D eigenvalue weighted by atomic mass is 16.5. The molecule has 0 atom stereocenters. The summed E-state index contributed by atoms with van der Waals surface area (Å²) in [5.74, 6) is -1.39. The fourth-order valence-corrected chi connectivity index (χ4v) is 0.835. The van der Waals surface area contributed by atoms with E-state index in [-0.39, 0.29) is 5.57 Å². The zero-order valence-electron chi connectivity index (χ0n) is 8.91. The Morgan fingerprint density at radius 3 is 2.33 bits per heavy atom. The van der Waals surface area contributed by atoms with E-state index in [1.54, 1.807) is 6.92 Å². The van der Waals surface area contributed by atoms with E-state index in [1.807, 2.05) is 0 Å². The maximum absolute atomic E-state index is 10.9. The van der Waals surface area contributed by atoms with E-state index in [0.717, 1.165) is 0 Å². The monoisotopic (exact) mass is 212 g/mol. The number of carboxylic acid groups (broad SMARTS) is 1. The number of carbonyl (C=O) groups excluding carboxylic acids is 1. The fraction of sp³-hybridized carbons (Fsp3) is 0.455. The molecule has 0 rings (SSSR count). The Bertz CT molecular complexity index is 250. The number of unbranched alkanes of at least 4 members (excludes halogenated alkanes) is 1. The van der Waals surface area contributed by atoms with Crippen molar-refractivity contribution in [2.24, 2.45) is 0 Å². The van der Waals surface area contributed by atoms with Gasteiger partial charge in [-0.3, -0.25) is 0 Å². The molecule has 0 saturated heterocycles. The molecule has 0 fully saturated rings. The summed E-state index contributed by atoms with van der Waals surface area (Å²) in [7, 11) is 0. The molecule has 15 heavy (non-hydrogen) atoms. The van der Waals surface area contributed by atoms with Crippen LogP contribution in [0.15, 0.2) is 24.3 Å². The topological polar surface area (TPSA) is 63.6 Å². The van der Waals surface area contributed by atoms with Gasteiger partial charge in [0.15, 0.2) is 0 Å². The third-order valence-corrected chi connectivity index (χ3v) is 1.76. The van der Waals surface area contributed by atoms with Crippen LogP contribution in [0.5, 0.6) is 0 Å². The van der Waals surface area contributed by atoms with E-state index in [4.69, 9.17) is 9.84 Å². The number of carbonyl (C=O) groups is 2. The molecule has 4 heteroatoms. The largest absolute Gasteiger partial charge is 0.478 e. The Hall–Kier alpha value is -1.58. The van der Waals surface area contributed by atoms with Crippen LogP contribution in [0.2, 0.25) is 0 Å². The zero-order chi connectivity index (χ0) is 11.8. The van der Waals surface area contributed by atoms with Crippen molar-refractivity contribution < 1.29 is 19.4 Å². The van der Waals surface area contributed by atoms with Gasteiger partial charge in [-0.05, 0) is 26.2 Å². The molecule has 0 aromatic carbocycles. The number of hydrogen-bond donors (Lipinski definition) is 1. The van der Waals surface area contributed by atoms with E-state index < -0.39 is 11.9 Å². The predicted molar refractivity (Wildman–Crippen MR) is 56.4 cm³/mol. The molecule has 0 aliphatic carbocycles. The average molecular weight is 212 g/mol. The number of esters is 1. The summed E-state index contributed by atoms with van der Waals surface area (Å²) in [6.45, 7) is 8.70. The van der Waals surface area contributed by atoms with Crippen LogP contribution in [0, 0.1) is 0 Å². The lowest BCUT2D eigenvalue weighted by Crippen LogP contribution is -2.06. The van der Waals surface area contributed by atoms with Crippen molar-refractivity contribution in [1.82, 2.24) is 0 Å². The van der Waals surface area contributed by atoms with Crippen LogP contribution in [-0.2, 0) is 14.3 Å². The number of ether oxygens (including phenoxy) is 1. The Kier molecular flexibility index (Phi) is 6.09. The van der Waals surface area contributed by atoms with E-state index in [0.29, 0.717) is 31.4 Å². The van der Waals surface area contributed by atoms with Gasteiger partial charge >= 0.3 is 11.9 Å². The van der Waals surface area contributed by atoms with Gasteiger partial charge in [0.25, 0.3) is 0 Å². The summed E-state index contributed by atoms with van der Waals surface area (Å²) in [5, 5.41) is 8.50. The van der Waals surface area contributed by atoms with E-state index in [2.05, 4.69) is 13.2 Å². The normalized spacial score (nSPS) is 9.40. The smallest absolute Gasteiger partial charge is 0.333 e. The Morgan fingerprint density at radius 2 is 1.87 bits per heavy atom. The number of rotatable bonds is 7. The minimum absolute atomic E-state index is 0.182. The van der Waals surface area contributed by atoms with E-state index in [9.17, 15) is 9.59 Å². The number of carboxylic acids is 1. The first-order valence-electron chi connectivity index (χ1n) is 4.69. The molecule has 0 aliphatic rings. The standard InChI is InChI=1S/C11H16O4/c1-8(2)11(14)15-7-5-4-6-9(3)10(12)13/h1,3-7H2,2H3,(H,12,13). The second-order valence-electron chi connectivity index (χ2n) is 3.28. The molecule has 84 valence electrons. The minimum atomic E-state index is -0.978. The molecule has 0 bridgehead atoms. The first-order chi connectivity index (χ1) is 6.95. The molecule has 0 unspecified atom stereocenters. The van der Waals surface area contributed by atoms with Gasteiger partial charge in [-0.2, -0.15) is 0 Å². The first-order valence-corrected chi connectivity index (χ1v) is 4.69. The minimum Gasteiger partial charge on any atom is -0.478 e. The van der Waals surface area contributed by atoms with Gasteiger partial charge in [0.2, 0.25) is 0 Å². The number of aliphatic carboxylic acids is 1. The lowest BCUT2D eigenvalue weighted by molar-refractivity contribution is -0.139.